The van der Waals surface area contributed by atoms with Gasteiger partial charge in [0, 0.05) is 13.1 Å². The van der Waals surface area contributed by atoms with E-state index in [-0.39, 0.29) is 12.1 Å². The van der Waals surface area contributed by atoms with E-state index in [1.54, 1.807) is 17.8 Å². The predicted molar refractivity (Wildman–Crippen MR) is 81.3 cm³/mol. The number of ether oxygens (including phenoxy) is 2. The van der Waals surface area contributed by atoms with E-state index in [1.165, 1.54) is 0 Å². The molecule has 7 nitrogen and oxygen atoms in total. The number of para-hydroxylation sites is 2. The monoisotopic (exact) mass is 302 g/mol. The highest BCUT2D eigenvalue weighted by atomic mass is 16.6. The van der Waals surface area contributed by atoms with Gasteiger partial charge >= 0.3 is 6.03 Å². The van der Waals surface area contributed by atoms with E-state index in [0.717, 1.165) is 11.4 Å². The van der Waals surface area contributed by atoms with Crippen LogP contribution in [0.25, 0.3) is 0 Å². The fourth-order valence-electron chi connectivity index (χ4n) is 2.26. The van der Waals surface area contributed by atoms with E-state index < -0.39 is 0 Å². The van der Waals surface area contributed by atoms with Crippen LogP contribution in [0.4, 0.5) is 10.6 Å². The molecule has 0 fully saturated rings. The summed E-state index contributed by atoms with van der Waals surface area (Å²) in [6.07, 6.45) is -0.214. The molecule has 2 amide bonds. The number of fused-ring (bicyclic) bond motifs is 1. The minimum absolute atomic E-state index is 0.214. The number of nitrogens with zero attached hydrogens (tertiary/aromatic N) is 2. The molecule has 2 aromatic rings. The average Bonchev–Trinajstić information content (AvgIpc) is 2.82. The third kappa shape index (κ3) is 3.13. The molecule has 2 N–H and O–H groups in total. The number of aromatic nitrogens is 2. The number of aryl methyl sites for hydroxylation is 2. The normalized spacial score (nSPS) is 16.2. The number of anilines is 1. The number of rotatable bonds is 3. The topological polar surface area (TPSA) is 77.4 Å². The largest absolute Gasteiger partial charge is 0.486 e. The summed E-state index contributed by atoms with van der Waals surface area (Å²) in [5.74, 6) is 2.07. The Kier molecular flexibility index (Phi) is 3.86. The van der Waals surface area contributed by atoms with Gasteiger partial charge in [0.1, 0.15) is 12.4 Å². The molecular weight excluding hydrogens is 284 g/mol. The maximum absolute atomic E-state index is 11.9. The number of benzene rings is 1. The van der Waals surface area contributed by atoms with Crippen molar-refractivity contribution in [1.29, 1.82) is 0 Å². The van der Waals surface area contributed by atoms with Crippen molar-refractivity contribution in [2.75, 3.05) is 18.5 Å². The Labute approximate surface area is 128 Å². The van der Waals surface area contributed by atoms with Crippen molar-refractivity contribution >= 4 is 11.8 Å². The third-order valence-corrected chi connectivity index (χ3v) is 3.30. The van der Waals surface area contributed by atoms with Gasteiger partial charge in [-0.05, 0) is 19.1 Å². The van der Waals surface area contributed by atoms with Gasteiger partial charge in [0.25, 0.3) is 0 Å². The molecule has 1 aliphatic heterocycles. The lowest BCUT2D eigenvalue weighted by atomic mass is 10.2. The molecule has 0 aliphatic carbocycles. The van der Waals surface area contributed by atoms with Gasteiger partial charge in [-0.3, -0.25) is 10.00 Å². The molecule has 0 bridgehead atoms. The van der Waals surface area contributed by atoms with Crippen molar-refractivity contribution in [2.24, 2.45) is 7.05 Å². The summed E-state index contributed by atoms with van der Waals surface area (Å²) in [7, 11) is 1.78. The first-order valence-corrected chi connectivity index (χ1v) is 7.06. The number of nitrogens with one attached hydrogen (secondary N) is 2. The molecule has 2 heterocycles. The predicted octanol–water partition coefficient (Wildman–Crippen LogP) is 1.69. The van der Waals surface area contributed by atoms with E-state index >= 15 is 0 Å². The van der Waals surface area contributed by atoms with Crippen LogP contribution < -0.4 is 20.1 Å². The van der Waals surface area contributed by atoms with Gasteiger partial charge in [0.05, 0.1) is 12.2 Å². The van der Waals surface area contributed by atoms with Crippen molar-refractivity contribution in [2.45, 2.75) is 13.0 Å². The highest BCUT2D eigenvalue weighted by molar-refractivity contribution is 5.88. The Hall–Kier alpha value is -2.70. The molecule has 0 radical (unpaired) electrons. The molecule has 1 atom stereocenters. The summed E-state index contributed by atoms with van der Waals surface area (Å²) < 4.78 is 13.0. The molecule has 1 aliphatic rings. The number of amides is 2. The lowest BCUT2D eigenvalue weighted by Crippen LogP contribution is -2.42. The second-order valence-corrected chi connectivity index (χ2v) is 5.13. The molecule has 7 heteroatoms. The van der Waals surface area contributed by atoms with Crippen LogP contribution >= 0.6 is 0 Å². The molecule has 22 heavy (non-hydrogen) atoms. The third-order valence-electron chi connectivity index (χ3n) is 3.30. The zero-order valence-electron chi connectivity index (χ0n) is 12.5. The summed E-state index contributed by atoms with van der Waals surface area (Å²) >= 11 is 0. The lowest BCUT2D eigenvalue weighted by molar-refractivity contribution is 0.0922. The average molecular weight is 302 g/mol. The zero-order valence-corrected chi connectivity index (χ0v) is 12.5. The van der Waals surface area contributed by atoms with Crippen molar-refractivity contribution in [3.05, 3.63) is 36.0 Å². The number of carbonyl (C=O) groups excluding carboxylic acids is 1. The number of urea groups is 1. The highest BCUT2D eigenvalue weighted by Gasteiger charge is 2.21. The standard InChI is InChI=1S/C15H18N4O3/c1-10-7-14(19(2)18-10)17-15(20)16-8-11-9-21-12-5-3-4-6-13(12)22-11/h3-7,11H,8-9H2,1-2H3,(H2,16,17,20)/t11-/m0/s1. The first kappa shape index (κ1) is 14.2. The van der Waals surface area contributed by atoms with Gasteiger partial charge in [0.15, 0.2) is 17.6 Å². The molecule has 0 unspecified atom stereocenters. The molecular formula is C15H18N4O3. The Bertz CT molecular complexity index is 683. The van der Waals surface area contributed by atoms with Crippen molar-refractivity contribution < 1.29 is 14.3 Å². The van der Waals surface area contributed by atoms with Crippen LogP contribution in [-0.2, 0) is 7.05 Å². The summed E-state index contributed by atoms with van der Waals surface area (Å²) in [5.41, 5.74) is 0.846. The van der Waals surface area contributed by atoms with Crippen LogP contribution in [0.1, 0.15) is 5.69 Å². The second-order valence-electron chi connectivity index (χ2n) is 5.13. The maximum Gasteiger partial charge on any atom is 0.320 e. The van der Waals surface area contributed by atoms with Crippen LogP contribution in [0.3, 0.4) is 0 Å². The van der Waals surface area contributed by atoms with Gasteiger partial charge in [-0.1, -0.05) is 12.1 Å². The Balaban J connectivity index is 1.51. The summed E-state index contributed by atoms with van der Waals surface area (Å²) in [4.78, 5) is 11.9. The smallest absolute Gasteiger partial charge is 0.320 e. The van der Waals surface area contributed by atoms with E-state index in [9.17, 15) is 4.79 Å². The van der Waals surface area contributed by atoms with E-state index in [1.807, 2.05) is 31.2 Å². The van der Waals surface area contributed by atoms with Crippen LogP contribution in [-0.4, -0.2) is 35.1 Å². The molecule has 1 aromatic carbocycles. The fourth-order valence-corrected chi connectivity index (χ4v) is 2.26. The van der Waals surface area contributed by atoms with Gasteiger partial charge in [-0.15, -0.1) is 0 Å². The number of hydrogen-bond acceptors (Lipinski definition) is 4. The number of carbonyl (C=O) groups is 1. The van der Waals surface area contributed by atoms with Crippen molar-refractivity contribution in [3.8, 4) is 11.5 Å². The summed E-state index contributed by atoms with van der Waals surface area (Å²) in [5, 5.41) is 9.68. The number of hydrogen-bond donors (Lipinski definition) is 2. The fraction of sp³-hybridized carbons (Fsp3) is 0.333. The van der Waals surface area contributed by atoms with Crippen LogP contribution in [0.15, 0.2) is 30.3 Å². The molecule has 116 valence electrons. The first-order chi connectivity index (χ1) is 10.6. The molecule has 0 saturated heterocycles. The van der Waals surface area contributed by atoms with Gasteiger partial charge in [0.2, 0.25) is 0 Å². The van der Waals surface area contributed by atoms with Gasteiger partial charge < -0.3 is 14.8 Å². The first-order valence-electron chi connectivity index (χ1n) is 7.06. The van der Waals surface area contributed by atoms with Gasteiger partial charge in [-0.25, -0.2) is 4.79 Å². The van der Waals surface area contributed by atoms with E-state index in [2.05, 4.69) is 15.7 Å². The summed E-state index contributed by atoms with van der Waals surface area (Å²) in [6, 6.07) is 8.98. The van der Waals surface area contributed by atoms with Crippen molar-refractivity contribution in [3.63, 3.8) is 0 Å². The van der Waals surface area contributed by atoms with E-state index in [4.69, 9.17) is 9.47 Å². The minimum Gasteiger partial charge on any atom is -0.486 e. The van der Waals surface area contributed by atoms with E-state index in [0.29, 0.717) is 24.7 Å². The highest BCUT2D eigenvalue weighted by Crippen LogP contribution is 2.30. The maximum atomic E-state index is 11.9. The molecule has 3 rings (SSSR count). The SMILES string of the molecule is Cc1cc(NC(=O)NC[C@H]2COc3ccccc3O2)n(C)n1. The van der Waals surface area contributed by atoms with Crippen LogP contribution in [0.5, 0.6) is 11.5 Å². The molecule has 1 aromatic heterocycles. The molecule has 0 spiro atoms. The van der Waals surface area contributed by atoms with Gasteiger partial charge in [-0.2, -0.15) is 5.10 Å². The Morgan fingerprint density at radius 3 is 2.91 bits per heavy atom. The van der Waals surface area contributed by atoms with Crippen LogP contribution in [0.2, 0.25) is 0 Å². The quantitative estimate of drug-likeness (QED) is 0.904. The lowest BCUT2D eigenvalue weighted by Gasteiger charge is -2.26. The molecule has 0 saturated carbocycles. The second kappa shape index (κ2) is 5.97. The Morgan fingerprint density at radius 2 is 2.18 bits per heavy atom. The minimum atomic E-state index is -0.301. The van der Waals surface area contributed by atoms with Crippen LogP contribution in [0, 0.1) is 6.92 Å². The zero-order chi connectivity index (χ0) is 15.5. The summed E-state index contributed by atoms with van der Waals surface area (Å²) in [6.45, 7) is 2.63. The Morgan fingerprint density at radius 1 is 1.41 bits per heavy atom. The van der Waals surface area contributed by atoms with Crippen molar-refractivity contribution in [1.82, 2.24) is 15.1 Å².